The van der Waals surface area contributed by atoms with Gasteiger partial charge in [0.15, 0.2) is 0 Å². The number of aliphatic carboxylic acids is 1. The molecule has 6 rings (SSSR count). The third-order valence-electron chi connectivity index (χ3n) is 17.4. The highest BCUT2D eigenvalue weighted by Crippen LogP contribution is 2.76. The topological polar surface area (TPSA) is 63.6 Å². The number of carbonyl (C=O) groups excluding carboxylic acids is 1. The zero-order valence-corrected chi connectivity index (χ0v) is 36.2. The number of carboxylic acid groups (broad SMARTS) is 1. The summed E-state index contributed by atoms with van der Waals surface area (Å²) in [5.74, 6) is 0.312. The van der Waals surface area contributed by atoms with Crippen LogP contribution in [0.15, 0.2) is 70.4 Å². The van der Waals surface area contributed by atoms with Crippen molar-refractivity contribution in [2.24, 2.45) is 55.7 Å². The molecule has 6 aliphatic rings. The lowest BCUT2D eigenvalue weighted by Gasteiger charge is -2.71. The molecule has 0 aromatic carbocycles. The summed E-state index contributed by atoms with van der Waals surface area (Å²) in [5, 5.41) is 10.7. The number of rotatable bonds is 7. The molecule has 298 valence electrons. The van der Waals surface area contributed by atoms with E-state index in [0.29, 0.717) is 11.8 Å². The number of allylic oxidation sites excluding steroid dienone is 11. The van der Waals surface area contributed by atoms with Gasteiger partial charge in [0, 0.05) is 11.5 Å². The monoisotopic (exact) mass is 739 g/mol. The van der Waals surface area contributed by atoms with Gasteiger partial charge in [0.25, 0.3) is 0 Å². The predicted molar refractivity (Wildman–Crippen MR) is 223 cm³/mol. The fourth-order valence-corrected chi connectivity index (χ4v) is 13.9. The summed E-state index contributed by atoms with van der Waals surface area (Å²) in [5.41, 5.74) is 6.46. The molecule has 0 spiro atoms. The molecule has 6 aliphatic carbocycles. The summed E-state index contributed by atoms with van der Waals surface area (Å²) in [6, 6.07) is 0. The summed E-state index contributed by atoms with van der Waals surface area (Å²) in [7, 11) is 0. The van der Waals surface area contributed by atoms with Crippen LogP contribution in [0.3, 0.4) is 0 Å². The van der Waals surface area contributed by atoms with E-state index in [2.05, 4.69) is 100 Å². The second-order valence-corrected chi connectivity index (χ2v) is 21.9. The Morgan fingerprint density at radius 3 is 2.22 bits per heavy atom. The van der Waals surface area contributed by atoms with Crippen LogP contribution in [-0.4, -0.2) is 23.1 Å². The van der Waals surface area contributed by atoms with Crippen molar-refractivity contribution in [2.75, 3.05) is 0 Å². The van der Waals surface area contributed by atoms with Gasteiger partial charge in [-0.2, -0.15) is 0 Å². The Kier molecular flexibility index (Phi) is 10.7. The molecule has 1 N–H and O–H groups in total. The minimum atomic E-state index is -0.603. The maximum Gasteiger partial charge on any atom is 0.331 e. The number of carboxylic acids is 1. The van der Waals surface area contributed by atoms with E-state index >= 15 is 0 Å². The van der Waals surface area contributed by atoms with Crippen LogP contribution in [0.2, 0.25) is 0 Å². The standard InChI is InChI=1S/C50H74O4/c1-33(18-19-36-35(3)17-14-24-45(36,6)7)15-13-16-34(2)31-42(51)54-41-23-25-47(10)39(46(41,8)9)22-26-49(12)40(47)21-20-37-38-32-44(4,5)27-29-50(38,43(52)53)30-28-48(37,49)11/h13,15-16,18-20,31,38-41H,14,17,21-30,32H2,1-12H3,(H,52,53)/t38-,39-,40-,41-,47-,48+,49+,50-/m0/s1. The first-order valence-electron chi connectivity index (χ1n) is 21.6. The lowest BCUT2D eigenvalue weighted by molar-refractivity contribution is -0.212. The zero-order valence-electron chi connectivity index (χ0n) is 36.2. The van der Waals surface area contributed by atoms with E-state index in [0.717, 1.165) is 69.8 Å². The van der Waals surface area contributed by atoms with E-state index in [1.165, 1.54) is 41.6 Å². The van der Waals surface area contributed by atoms with Crippen LogP contribution in [0.5, 0.6) is 0 Å². The van der Waals surface area contributed by atoms with Crippen LogP contribution in [-0.2, 0) is 14.3 Å². The molecule has 4 heteroatoms. The highest BCUT2D eigenvalue weighted by Gasteiger charge is 2.69. The number of fused-ring (bicyclic) bond motifs is 7. The van der Waals surface area contributed by atoms with Crippen LogP contribution < -0.4 is 0 Å². The Balaban J connectivity index is 1.15. The van der Waals surface area contributed by atoms with Gasteiger partial charge in [-0.25, -0.2) is 4.79 Å². The Morgan fingerprint density at radius 2 is 1.54 bits per heavy atom. The maximum absolute atomic E-state index is 13.4. The maximum atomic E-state index is 13.4. The minimum absolute atomic E-state index is 0.0111. The van der Waals surface area contributed by atoms with Crippen molar-refractivity contribution < 1.29 is 19.4 Å². The molecular formula is C50H74O4. The molecule has 4 saturated carbocycles. The lowest BCUT2D eigenvalue weighted by Crippen LogP contribution is -2.65. The molecule has 0 aromatic heterocycles. The number of carbonyl (C=O) groups is 2. The van der Waals surface area contributed by atoms with Crippen molar-refractivity contribution in [1.82, 2.24) is 0 Å². The Bertz CT molecular complexity index is 1710. The van der Waals surface area contributed by atoms with Gasteiger partial charge in [-0.3, -0.25) is 4.79 Å². The van der Waals surface area contributed by atoms with Crippen molar-refractivity contribution in [3.05, 3.63) is 70.4 Å². The van der Waals surface area contributed by atoms with Gasteiger partial charge in [-0.15, -0.1) is 0 Å². The average molecular weight is 739 g/mol. The molecule has 0 heterocycles. The smallest absolute Gasteiger partial charge is 0.331 e. The normalized spacial score (nSPS) is 40.3. The van der Waals surface area contributed by atoms with E-state index in [-0.39, 0.29) is 50.5 Å². The quantitative estimate of drug-likeness (QED) is 0.122. The molecule has 54 heavy (non-hydrogen) atoms. The molecule has 0 radical (unpaired) electrons. The van der Waals surface area contributed by atoms with Crippen LogP contribution in [0, 0.1) is 55.7 Å². The van der Waals surface area contributed by atoms with Crippen molar-refractivity contribution in [2.45, 2.75) is 173 Å². The number of ether oxygens (including phenoxy) is 1. The minimum Gasteiger partial charge on any atom is -0.481 e. The SMILES string of the molecule is CC(C=CC1=C(C)CCCC1(C)C)=CC=CC(C)=CC(=O)O[C@H]1CC[C@@]2(C)[C@@H](CC[C@]3(C)[C@H]2CC=C2[C@@H]4CC(C)(C)CC[C@]4(C(=O)O)CC[C@]23C)C1(C)C. The summed E-state index contributed by atoms with van der Waals surface area (Å²) in [4.78, 5) is 26.4. The molecule has 0 saturated heterocycles. The van der Waals surface area contributed by atoms with Crippen LogP contribution >= 0.6 is 0 Å². The molecular weight excluding hydrogens is 665 g/mol. The third kappa shape index (κ3) is 6.80. The van der Waals surface area contributed by atoms with Crippen LogP contribution in [0.25, 0.3) is 0 Å². The van der Waals surface area contributed by atoms with Gasteiger partial charge in [0.2, 0.25) is 0 Å². The Labute approximate surface area is 329 Å². The number of hydrogen-bond donors (Lipinski definition) is 1. The molecule has 0 unspecified atom stereocenters. The first-order valence-corrected chi connectivity index (χ1v) is 21.6. The first kappa shape index (κ1) is 41.0. The summed E-state index contributed by atoms with van der Waals surface area (Å²) >= 11 is 0. The summed E-state index contributed by atoms with van der Waals surface area (Å²) in [6.07, 6.45) is 28.3. The van der Waals surface area contributed by atoms with E-state index in [1.54, 1.807) is 6.08 Å². The zero-order chi connectivity index (χ0) is 39.7. The highest BCUT2D eigenvalue weighted by atomic mass is 16.5. The lowest BCUT2D eigenvalue weighted by atomic mass is 9.33. The van der Waals surface area contributed by atoms with Gasteiger partial charge in [-0.1, -0.05) is 115 Å². The van der Waals surface area contributed by atoms with E-state index in [4.69, 9.17) is 4.74 Å². The van der Waals surface area contributed by atoms with Crippen molar-refractivity contribution >= 4 is 11.9 Å². The van der Waals surface area contributed by atoms with Crippen LogP contribution in [0.4, 0.5) is 0 Å². The Morgan fingerprint density at radius 1 is 0.833 bits per heavy atom. The van der Waals surface area contributed by atoms with E-state index < -0.39 is 11.4 Å². The molecule has 4 nitrogen and oxygen atoms in total. The number of esters is 1. The van der Waals surface area contributed by atoms with Crippen molar-refractivity contribution in [1.29, 1.82) is 0 Å². The third-order valence-corrected chi connectivity index (χ3v) is 17.4. The fraction of sp³-hybridized carbons (Fsp3) is 0.720. The average Bonchev–Trinajstić information content (AvgIpc) is 3.05. The molecule has 0 aromatic rings. The fourth-order valence-electron chi connectivity index (χ4n) is 13.9. The first-order chi connectivity index (χ1) is 25.0. The highest BCUT2D eigenvalue weighted by molar-refractivity contribution is 5.83. The molecule has 0 bridgehead atoms. The largest absolute Gasteiger partial charge is 0.481 e. The van der Waals surface area contributed by atoms with Gasteiger partial charge in [-0.05, 0) is 160 Å². The second-order valence-electron chi connectivity index (χ2n) is 21.9. The van der Waals surface area contributed by atoms with E-state index in [1.807, 2.05) is 19.1 Å². The predicted octanol–water partition coefficient (Wildman–Crippen LogP) is 13.3. The Hall–Kier alpha value is -2.62. The summed E-state index contributed by atoms with van der Waals surface area (Å²) < 4.78 is 6.36. The van der Waals surface area contributed by atoms with Gasteiger partial charge in [0.05, 0.1) is 5.41 Å². The molecule has 4 fully saturated rings. The number of hydrogen-bond acceptors (Lipinski definition) is 3. The van der Waals surface area contributed by atoms with Crippen molar-refractivity contribution in [3.8, 4) is 0 Å². The molecule has 0 amide bonds. The molecule has 8 atom stereocenters. The summed E-state index contributed by atoms with van der Waals surface area (Å²) in [6.45, 7) is 28.2. The van der Waals surface area contributed by atoms with E-state index in [9.17, 15) is 14.7 Å². The van der Waals surface area contributed by atoms with Gasteiger partial charge >= 0.3 is 11.9 Å². The van der Waals surface area contributed by atoms with Crippen LogP contribution in [0.1, 0.15) is 167 Å². The second kappa shape index (κ2) is 14.1. The molecule has 0 aliphatic heterocycles. The van der Waals surface area contributed by atoms with Gasteiger partial charge < -0.3 is 9.84 Å². The van der Waals surface area contributed by atoms with Gasteiger partial charge in [0.1, 0.15) is 6.10 Å². The van der Waals surface area contributed by atoms with Crippen molar-refractivity contribution in [3.63, 3.8) is 0 Å².